The molecule has 0 aliphatic rings. The van der Waals surface area contributed by atoms with Gasteiger partial charge in [0.2, 0.25) is 0 Å². The zero-order valence-electron chi connectivity index (χ0n) is 11.9. The Hall–Kier alpha value is -1.81. The SMILES string of the molecule is CC(CCc1ccccc1)NCc1cc(F)c(F)c(F)c1. The first-order valence-electron chi connectivity index (χ1n) is 6.97. The fraction of sp³-hybridized carbons (Fsp3) is 0.294. The largest absolute Gasteiger partial charge is 0.310 e. The third kappa shape index (κ3) is 4.60. The Morgan fingerprint density at radius 3 is 2.19 bits per heavy atom. The molecule has 0 saturated carbocycles. The van der Waals surface area contributed by atoms with Gasteiger partial charge >= 0.3 is 0 Å². The van der Waals surface area contributed by atoms with Gasteiger partial charge in [0.25, 0.3) is 0 Å². The number of hydrogen-bond donors (Lipinski definition) is 1. The van der Waals surface area contributed by atoms with Crippen LogP contribution in [0.1, 0.15) is 24.5 Å². The smallest absolute Gasteiger partial charge is 0.194 e. The molecule has 0 aliphatic carbocycles. The zero-order chi connectivity index (χ0) is 15.2. The predicted octanol–water partition coefficient (Wildman–Crippen LogP) is 4.21. The number of benzene rings is 2. The van der Waals surface area contributed by atoms with Crippen molar-refractivity contribution in [2.45, 2.75) is 32.4 Å². The first-order valence-corrected chi connectivity index (χ1v) is 6.97. The van der Waals surface area contributed by atoms with E-state index >= 15 is 0 Å². The number of nitrogens with one attached hydrogen (secondary N) is 1. The van der Waals surface area contributed by atoms with Crippen LogP contribution < -0.4 is 5.32 Å². The van der Waals surface area contributed by atoms with E-state index in [1.165, 1.54) is 5.56 Å². The normalized spacial score (nSPS) is 12.4. The summed E-state index contributed by atoms with van der Waals surface area (Å²) in [7, 11) is 0. The van der Waals surface area contributed by atoms with Crippen LogP contribution >= 0.6 is 0 Å². The van der Waals surface area contributed by atoms with Gasteiger partial charge in [0.15, 0.2) is 17.5 Å². The van der Waals surface area contributed by atoms with Crippen molar-refractivity contribution in [3.8, 4) is 0 Å². The van der Waals surface area contributed by atoms with Gasteiger partial charge in [-0.1, -0.05) is 30.3 Å². The number of aryl methyl sites for hydroxylation is 1. The van der Waals surface area contributed by atoms with Gasteiger partial charge in [-0.2, -0.15) is 0 Å². The van der Waals surface area contributed by atoms with E-state index in [0.29, 0.717) is 12.1 Å². The molecule has 0 aromatic heterocycles. The van der Waals surface area contributed by atoms with Gasteiger partial charge < -0.3 is 5.32 Å². The molecule has 21 heavy (non-hydrogen) atoms. The van der Waals surface area contributed by atoms with Crippen LogP contribution in [0.2, 0.25) is 0 Å². The number of hydrogen-bond acceptors (Lipinski definition) is 1. The van der Waals surface area contributed by atoms with Crippen LogP contribution in [0.15, 0.2) is 42.5 Å². The molecule has 1 nitrogen and oxygen atoms in total. The predicted molar refractivity (Wildman–Crippen MR) is 77.4 cm³/mol. The molecule has 1 atom stereocenters. The fourth-order valence-corrected chi connectivity index (χ4v) is 2.13. The third-order valence-corrected chi connectivity index (χ3v) is 3.41. The van der Waals surface area contributed by atoms with Crippen molar-refractivity contribution in [3.05, 3.63) is 71.0 Å². The molecule has 2 aromatic rings. The average Bonchev–Trinajstić information content (AvgIpc) is 2.49. The Balaban J connectivity index is 1.82. The van der Waals surface area contributed by atoms with E-state index in [1.807, 2.05) is 25.1 Å². The highest BCUT2D eigenvalue weighted by molar-refractivity contribution is 5.19. The van der Waals surface area contributed by atoms with Crippen molar-refractivity contribution < 1.29 is 13.2 Å². The van der Waals surface area contributed by atoms with Gasteiger partial charge in [0.05, 0.1) is 0 Å². The quantitative estimate of drug-likeness (QED) is 0.787. The maximum absolute atomic E-state index is 13.1. The van der Waals surface area contributed by atoms with Crippen LogP contribution in [0.25, 0.3) is 0 Å². The summed E-state index contributed by atoms with van der Waals surface area (Å²) in [5.74, 6) is -3.72. The first-order chi connectivity index (χ1) is 10.1. The number of halogens is 3. The third-order valence-electron chi connectivity index (χ3n) is 3.41. The van der Waals surface area contributed by atoms with Gasteiger partial charge in [-0.25, -0.2) is 13.2 Å². The maximum Gasteiger partial charge on any atom is 0.194 e. The van der Waals surface area contributed by atoms with E-state index in [2.05, 4.69) is 17.4 Å². The molecular weight excluding hydrogens is 275 g/mol. The van der Waals surface area contributed by atoms with Crippen LogP contribution in [0.4, 0.5) is 13.2 Å². The monoisotopic (exact) mass is 293 g/mol. The maximum atomic E-state index is 13.1. The highest BCUT2D eigenvalue weighted by Gasteiger charge is 2.11. The van der Waals surface area contributed by atoms with Crippen molar-refractivity contribution >= 4 is 0 Å². The van der Waals surface area contributed by atoms with E-state index in [1.54, 1.807) is 0 Å². The molecule has 0 fully saturated rings. The molecule has 0 spiro atoms. The van der Waals surface area contributed by atoms with Crippen molar-refractivity contribution in [2.75, 3.05) is 0 Å². The summed E-state index contributed by atoms with van der Waals surface area (Å²) < 4.78 is 39.0. The van der Waals surface area contributed by atoms with Crippen LogP contribution in [-0.4, -0.2) is 6.04 Å². The van der Waals surface area contributed by atoms with Crippen molar-refractivity contribution in [1.29, 1.82) is 0 Å². The molecule has 4 heteroatoms. The summed E-state index contributed by atoms with van der Waals surface area (Å²) in [6.07, 6.45) is 1.84. The Bertz CT molecular complexity index is 561. The van der Waals surface area contributed by atoms with Crippen LogP contribution in [-0.2, 0) is 13.0 Å². The molecule has 0 bridgehead atoms. The highest BCUT2D eigenvalue weighted by Crippen LogP contribution is 2.14. The topological polar surface area (TPSA) is 12.0 Å². The molecule has 1 N–H and O–H groups in total. The fourth-order valence-electron chi connectivity index (χ4n) is 2.13. The summed E-state index contributed by atoms with van der Waals surface area (Å²) in [5.41, 5.74) is 1.66. The Morgan fingerprint density at radius 1 is 0.952 bits per heavy atom. The minimum absolute atomic E-state index is 0.196. The second-order valence-corrected chi connectivity index (χ2v) is 5.18. The lowest BCUT2D eigenvalue weighted by Crippen LogP contribution is -2.26. The van der Waals surface area contributed by atoms with Crippen molar-refractivity contribution in [1.82, 2.24) is 5.32 Å². The molecule has 0 radical (unpaired) electrons. The minimum Gasteiger partial charge on any atom is -0.310 e. The van der Waals surface area contributed by atoms with E-state index < -0.39 is 17.5 Å². The summed E-state index contributed by atoms with van der Waals surface area (Å²) in [4.78, 5) is 0. The molecule has 112 valence electrons. The van der Waals surface area contributed by atoms with Crippen LogP contribution in [0.3, 0.4) is 0 Å². The zero-order valence-corrected chi connectivity index (χ0v) is 11.9. The molecule has 2 aromatic carbocycles. The second-order valence-electron chi connectivity index (χ2n) is 5.18. The second kappa shape index (κ2) is 7.27. The lowest BCUT2D eigenvalue weighted by Gasteiger charge is -2.14. The summed E-state index contributed by atoms with van der Waals surface area (Å²) in [6.45, 7) is 2.32. The van der Waals surface area contributed by atoms with E-state index in [4.69, 9.17) is 0 Å². The Labute approximate surface area is 122 Å². The average molecular weight is 293 g/mol. The molecule has 0 amide bonds. The lowest BCUT2D eigenvalue weighted by atomic mass is 10.1. The van der Waals surface area contributed by atoms with Gasteiger partial charge in [0.1, 0.15) is 0 Å². The van der Waals surface area contributed by atoms with E-state index in [9.17, 15) is 13.2 Å². The van der Waals surface area contributed by atoms with E-state index in [-0.39, 0.29) is 6.04 Å². The van der Waals surface area contributed by atoms with E-state index in [0.717, 1.165) is 25.0 Å². The Morgan fingerprint density at radius 2 is 1.57 bits per heavy atom. The summed E-state index contributed by atoms with van der Waals surface area (Å²) in [5, 5.41) is 3.19. The lowest BCUT2D eigenvalue weighted by molar-refractivity contribution is 0.442. The minimum atomic E-state index is -1.42. The Kier molecular flexibility index (Phi) is 5.39. The number of rotatable bonds is 6. The summed E-state index contributed by atoms with van der Waals surface area (Å²) >= 11 is 0. The molecule has 2 rings (SSSR count). The van der Waals surface area contributed by atoms with Crippen molar-refractivity contribution in [2.24, 2.45) is 0 Å². The first kappa shape index (κ1) is 15.6. The van der Waals surface area contributed by atoms with Gasteiger partial charge in [-0.15, -0.1) is 0 Å². The molecular formula is C17H18F3N. The van der Waals surface area contributed by atoms with Crippen LogP contribution in [0, 0.1) is 17.5 Å². The molecule has 0 aliphatic heterocycles. The van der Waals surface area contributed by atoms with Gasteiger partial charge in [-0.05, 0) is 43.0 Å². The molecule has 0 heterocycles. The van der Waals surface area contributed by atoms with Crippen LogP contribution in [0.5, 0.6) is 0 Å². The van der Waals surface area contributed by atoms with Gasteiger partial charge in [0, 0.05) is 12.6 Å². The standard InChI is InChI=1S/C17H18F3N/c1-12(7-8-13-5-3-2-4-6-13)21-11-14-9-15(18)17(20)16(19)10-14/h2-6,9-10,12,21H,7-8,11H2,1H3. The summed E-state index contributed by atoms with van der Waals surface area (Å²) in [6, 6.07) is 12.3. The molecule has 1 unspecified atom stereocenters. The van der Waals surface area contributed by atoms with Gasteiger partial charge in [-0.3, -0.25) is 0 Å². The highest BCUT2D eigenvalue weighted by atomic mass is 19.2. The molecule has 0 saturated heterocycles. The van der Waals surface area contributed by atoms with Crippen molar-refractivity contribution in [3.63, 3.8) is 0 Å².